The molecule has 2 fully saturated rings. The molecule has 1 amide bonds. The number of carbonyl (C=O) groups excluding carboxylic acids is 1. The Hall–Kier alpha value is -1.47. The lowest BCUT2D eigenvalue weighted by Gasteiger charge is -2.37. The molecule has 1 aromatic rings. The zero-order valence-electron chi connectivity index (χ0n) is 14.1. The highest BCUT2D eigenvalue weighted by molar-refractivity contribution is 5.79. The Morgan fingerprint density at radius 2 is 2.09 bits per heavy atom. The van der Waals surface area contributed by atoms with Crippen molar-refractivity contribution in [2.75, 3.05) is 26.2 Å². The minimum absolute atomic E-state index is 0.0972. The number of hydrogen-bond donors (Lipinski definition) is 1. The Morgan fingerprint density at radius 3 is 2.65 bits per heavy atom. The van der Waals surface area contributed by atoms with Crippen LogP contribution in [0.1, 0.15) is 50.9 Å². The molecule has 7 nitrogen and oxygen atoms in total. The van der Waals surface area contributed by atoms with Gasteiger partial charge in [-0.05, 0) is 26.2 Å². The van der Waals surface area contributed by atoms with Gasteiger partial charge in [0.2, 0.25) is 11.8 Å². The van der Waals surface area contributed by atoms with E-state index in [0.717, 1.165) is 57.7 Å². The van der Waals surface area contributed by atoms with Crippen LogP contribution in [0.2, 0.25) is 0 Å². The van der Waals surface area contributed by atoms with E-state index in [1.807, 2.05) is 11.8 Å². The lowest BCUT2D eigenvalue weighted by atomic mass is 10.1. The summed E-state index contributed by atoms with van der Waals surface area (Å²) in [6.07, 6.45) is 3.54. The number of carbonyl (C=O) groups is 1. The Balaban J connectivity index is 1.52. The molecule has 2 heterocycles. The molecule has 0 spiro atoms. The number of nitrogens with two attached hydrogens (primary N) is 1. The van der Waals surface area contributed by atoms with Crippen molar-refractivity contribution in [2.24, 2.45) is 11.7 Å². The topological polar surface area (TPSA) is 88.5 Å². The number of piperazine rings is 1. The average molecular weight is 321 g/mol. The second kappa shape index (κ2) is 6.97. The van der Waals surface area contributed by atoms with Crippen molar-refractivity contribution in [3.8, 4) is 0 Å². The van der Waals surface area contributed by atoms with Crippen molar-refractivity contribution < 1.29 is 9.32 Å². The van der Waals surface area contributed by atoms with E-state index in [9.17, 15) is 4.79 Å². The number of nitrogens with zero attached hydrogens (tertiary/aromatic N) is 4. The molecule has 23 heavy (non-hydrogen) atoms. The lowest BCUT2D eigenvalue weighted by molar-refractivity contribution is -0.137. The maximum atomic E-state index is 12.5. The minimum atomic E-state index is 0.0972. The predicted molar refractivity (Wildman–Crippen MR) is 85.6 cm³/mol. The van der Waals surface area contributed by atoms with Crippen LogP contribution in [0.3, 0.4) is 0 Å². The molecule has 7 heteroatoms. The van der Waals surface area contributed by atoms with Gasteiger partial charge >= 0.3 is 0 Å². The second-order valence-electron chi connectivity index (χ2n) is 6.71. The highest BCUT2D eigenvalue weighted by atomic mass is 16.5. The van der Waals surface area contributed by atoms with Gasteiger partial charge in [0, 0.05) is 44.6 Å². The van der Waals surface area contributed by atoms with Crippen LogP contribution in [0.4, 0.5) is 0 Å². The summed E-state index contributed by atoms with van der Waals surface area (Å²) >= 11 is 0. The van der Waals surface area contributed by atoms with Gasteiger partial charge in [-0.25, -0.2) is 0 Å². The van der Waals surface area contributed by atoms with E-state index in [2.05, 4.69) is 22.0 Å². The summed E-state index contributed by atoms with van der Waals surface area (Å²) < 4.78 is 5.34. The van der Waals surface area contributed by atoms with E-state index >= 15 is 0 Å². The fraction of sp³-hybridized carbons (Fsp3) is 0.812. The van der Waals surface area contributed by atoms with Crippen LogP contribution in [0.15, 0.2) is 4.52 Å². The number of hydrogen-bond acceptors (Lipinski definition) is 6. The van der Waals surface area contributed by atoms with Gasteiger partial charge in [0.15, 0.2) is 5.82 Å². The Morgan fingerprint density at radius 1 is 1.35 bits per heavy atom. The van der Waals surface area contributed by atoms with E-state index in [0.29, 0.717) is 5.89 Å². The van der Waals surface area contributed by atoms with Gasteiger partial charge in [-0.15, -0.1) is 0 Å². The minimum Gasteiger partial charge on any atom is -0.340 e. The molecule has 1 aliphatic heterocycles. The largest absolute Gasteiger partial charge is 0.340 e. The number of aryl methyl sites for hydroxylation is 1. The lowest BCUT2D eigenvalue weighted by Crippen LogP contribution is -2.50. The van der Waals surface area contributed by atoms with E-state index in [-0.39, 0.29) is 23.9 Å². The van der Waals surface area contributed by atoms with Crippen molar-refractivity contribution in [1.82, 2.24) is 19.9 Å². The van der Waals surface area contributed by atoms with Crippen molar-refractivity contribution in [2.45, 2.75) is 51.6 Å². The summed E-state index contributed by atoms with van der Waals surface area (Å²) in [6, 6.07) is 0.301. The highest BCUT2D eigenvalue weighted by Crippen LogP contribution is 2.27. The first kappa shape index (κ1) is 16.4. The van der Waals surface area contributed by atoms with E-state index in [1.54, 1.807) is 0 Å². The van der Waals surface area contributed by atoms with Gasteiger partial charge in [0.25, 0.3) is 0 Å². The third-order valence-electron chi connectivity index (χ3n) is 5.15. The molecule has 0 bridgehead atoms. The molecule has 1 aliphatic carbocycles. The van der Waals surface area contributed by atoms with Gasteiger partial charge < -0.3 is 15.2 Å². The first-order valence-corrected chi connectivity index (χ1v) is 8.69. The molecule has 128 valence electrons. The van der Waals surface area contributed by atoms with Crippen LogP contribution in [-0.2, 0) is 11.2 Å². The van der Waals surface area contributed by atoms with Crippen LogP contribution >= 0.6 is 0 Å². The summed E-state index contributed by atoms with van der Waals surface area (Å²) in [6.45, 7) is 7.32. The predicted octanol–water partition coefficient (Wildman–Crippen LogP) is 0.965. The first-order valence-electron chi connectivity index (χ1n) is 8.69. The van der Waals surface area contributed by atoms with Crippen molar-refractivity contribution in [3.63, 3.8) is 0 Å². The van der Waals surface area contributed by atoms with Gasteiger partial charge in [0.1, 0.15) is 0 Å². The van der Waals surface area contributed by atoms with Crippen molar-refractivity contribution in [3.05, 3.63) is 11.7 Å². The molecule has 3 rings (SSSR count). The summed E-state index contributed by atoms with van der Waals surface area (Å²) in [5, 5.41) is 3.96. The highest BCUT2D eigenvalue weighted by Gasteiger charge is 2.33. The number of aromatic nitrogens is 2. The van der Waals surface area contributed by atoms with E-state index in [1.165, 1.54) is 0 Å². The molecule has 1 aromatic heterocycles. The van der Waals surface area contributed by atoms with Crippen LogP contribution in [0.5, 0.6) is 0 Å². The molecule has 0 radical (unpaired) electrons. The van der Waals surface area contributed by atoms with Crippen LogP contribution in [0.25, 0.3) is 0 Å². The molecule has 2 aliphatic rings. The van der Waals surface area contributed by atoms with E-state index < -0.39 is 0 Å². The van der Waals surface area contributed by atoms with Gasteiger partial charge in [0.05, 0.1) is 6.04 Å². The zero-order chi connectivity index (χ0) is 16.4. The Labute approximate surface area is 137 Å². The molecular weight excluding hydrogens is 294 g/mol. The first-order chi connectivity index (χ1) is 11.1. The van der Waals surface area contributed by atoms with Crippen LogP contribution in [0, 0.1) is 5.92 Å². The smallest absolute Gasteiger partial charge is 0.243 e. The van der Waals surface area contributed by atoms with Gasteiger partial charge in [-0.3, -0.25) is 9.69 Å². The maximum Gasteiger partial charge on any atom is 0.243 e. The van der Waals surface area contributed by atoms with Crippen LogP contribution in [-0.4, -0.2) is 58.1 Å². The standard InChI is InChI=1S/C16H27N5O2/c1-3-14-18-15(23-19-14)11(2)20-6-8-21(9-7-20)16(22)12-4-5-13(17)10-12/h11-13H,3-10,17H2,1-2H3. The normalized spacial score (nSPS) is 27.3. The van der Waals surface area contributed by atoms with Crippen LogP contribution < -0.4 is 5.73 Å². The summed E-state index contributed by atoms with van der Waals surface area (Å²) in [5.74, 6) is 1.84. The summed E-state index contributed by atoms with van der Waals surface area (Å²) in [5.41, 5.74) is 5.93. The van der Waals surface area contributed by atoms with Crippen molar-refractivity contribution >= 4 is 5.91 Å². The number of rotatable bonds is 4. The molecule has 0 aromatic carbocycles. The molecular formula is C16H27N5O2. The molecule has 1 saturated heterocycles. The molecule has 3 unspecified atom stereocenters. The van der Waals surface area contributed by atoms with Crippen molar-refractivity contribution in [1.29, 1.82) is 0 Å². The third kappa shape index (κ3) is 3.55. The Bertz CT molecular complexity index is 538. The maximum absolute atomic E-state index is 12.5. The molecule has 1 saturated carbocycles. The number of amides is 1. The SMILES string of the molecule is CCc1noc(C(C)N2CCN(C(=O)C3CCC(N)C3)CC2)n1. The summed E-state index contributed by atoms with van der Waals surface area (Å²) in [4.78, 5) is 21.3. The fourth-order valence-corrected chi connectivity index (χ4v) is 3.57. The Kier molecular flexibility index (Phi) is 4.96. The molecule has 3 atom stereocenters. The average Bonchev–Trinajstić information content (AvgIpc) is 3.22. The monoisotopic (exact) mass is 321 g/mol. The van der Waals surface area contributed by atoms with E-state index in [4.69, 9.17) is 10.3 Å². The second-order valence-corrected chi connectivity index (χ2v) is 6.71. The quantitative estimate of drug-likeness (QED) is 0.889. The van der Waals surface area contributed by atoms with Gasteiger partial charge in [-0.1, -0.05) is 12.1 Å². The van der Waals surface area contributed by atoms with Gasteiger partial charge in [-0.2, -0.15) is 4.98 Å². The third-order valence-corrected chi connectivity index (χ3v) is 5.15. The fourth-order valence-electron chi connectivity index (χ4n) is 3.57. The summed E-state index contributed by atoms with van der Waals surface area (Å²) in [7, 11) is 0. The zero-order valence-corrected chi connectivity index (χ0v) is 14.1. The molecule has 2 N–H and O–H groups in total.